The van der Waals surface area contributed by atoms with Crippen LogP contribution in [0.25, 0.3) is 0 Å². The molecule has 0 bridgehead atoms. The van der Waals surface area contributed by atoms with Gasteiger partial charge in [-0.05, 0) is 43.7 Å². The lowest BCUT2D eigenvalue weighted by molar-refractivity contribution is -0.181. The molecule has 1 spiro atoms. The molecule has 152 valence electrons. The number of rotatable bonds is 3. The predicted octanol–water partition coefficient (Wildman–Crippen LogP) is 3.53. The molecule has 2 aromatic rings. The smallest absolute Gasteiger partial charge is 0.255 e. The summed E-state index contributed by atoms with van der Waals surface area (Å²) in [7, 11) is 0. The van der Waals surface area contributed by atoms with Gasteiger partial charge in [0.05, 0.1) is 13.2 Å². The van der Waals surface area contributed by atoms with Crippen molar-refractivity contribution in [3.8, 4) is 0 Å². The highest BCUT2D eigenvalue weighted by Gasteiger charge is 2.40. The Morgan fingerprint density at radius 3 is 2.34 bits per heavy atom. The summed E-state index contributed by atoms with van der Waals surface area (Å²) in [5, 5.41) is 2.94. The van der Waals surface area contributed by atoms with E-state index < -0.39 is 5.79 Å². The van der Waals surface area contributed by atoms with Gasteiger partial charge in [-0.3, -0.25) is 9.59 Å². The fourth-order valence-electron chi connectivity index (χ4n) is 3.96. The molecule has 6 heteroatoms. The van der Waals surface area contributed by atoms with E-state index in [4.69, 9.17) is 9.47 Å². The lowest BCUT2D eigenvalue weighted by Gasteiger charge is -2.37. The van der Waals surface area contributed by atoms with Crippen LogP contribution in [0.5, 0.6) is 0 Å². The van der Waals surface area contributed by atoms with Gasteiger partial charge in [-0.2, -0.15) is 0 Å². The molecule has 2 heterocycles. The molecule has 6 nitrogen and oxygen atoms in total. The van der Waals surface area contributed by atoms with E-state index in [2.05, 4.69) is 5.32 Å². The van der Waals surface area contributed by atoms with E-state index in [1.165, 1.54) is 0 Å². The Morgan fingerprint density at radius 2 is 1.66 bits per heavy atom. The summed E-state index contributed by atoms with van der Waals surface area (Å²) >= 11 is 0. The molecule has 0 radical (unpaired) electrons. The number of piperidine rings is 1. The predicted molar refractivity (Wildman–Crippen MR) is 110 cm³/mol. The van der Waals surface area contributed by atoms with Gasteiger partial charge in [-0.15, -0.1) is 0 Å². The van der Waals surface area contributed by atoms with Crippen LogP contribution in [0.3, 0.4) is 0 Å². The minimum Gasteiger partial charge on any atom is -0.347 e. The lowest BCUT2D eigenvalue weighted by atomic mass is 10.0. The van der Waals surface area contributed by atoms with Crippen LogP contribution in [0, 0.1) is 13.8 Å². The second-order valence-corrected chi connectivity index (χ2v) is 7.75. The van der Waals surface area contributed by atoms with Crippen LogP contribution in [-0.4, -0.2) is 48.8 Å². The maximum Gasteiger partial charge on any atom is 0.255 e. The van der Waals surface area contributed by atoms with Gasteiger partial charge in [0, 0.05) is 42.7 Å². The molecule has 2 aliphatic heterocycles. The first-order chi connectivity index (χ1) is 14.0. The standard InChI is InChI=1S/C23H26N2O4/c1-16-6-7-20(17(2)14-16)24-21(26)18-4-3-5-19(15-18)22(27)25-10-8-23(9-11-25)28-12-13-29-23/h3-7,14-15H,8-13H2,1-2H3,(H,24,26). The molecule has 0 atom stereocenters. The van der Waals surface area contributed by atoms with Gasteiger partial charge < -0.3 is 19.7 Å². The summed E-state index contributed by atoms with van der Waals surface area (Å²) in [5.41, 5.74) is 3.90. The second-order valence-electron chi connectivity index (χ2n) is 7.75. The molecule has 1 N–H and O–H groups in total. The maximum atomic E-state index is 12.9. The van der Waals surface area contributed by atoms with Gasteiger partial charge in [0.25, 0.3) is 11.8 Å². The van der Waals surface area contributed by atoms with E-state index in [0.29, 0.717) is 50.3 Å². The van der Waals surface area contributed by atoms with Crippen molar-refractivity contribution in [2.24, 2.45) is 0 Å². The molecular weight excluding hydrogens is 368 g/mol. The number of amides is 2. The van der Waals surface area contributed by atoms with Gasteiger partial charge in [-0.25, -0.2) is 0 Å². The number of nitrogens with one attached hydrogen (secondary N) is 1. The second kappa shape index (κ2) is 7.97. The zero-order valence-corrected chi connectivity index (χ0v) is 16.9. The molecule has 2 amide bonds. The minimum absolute atomic E-state index is 0.0704. The van der Waals surface area contributed by atoms with E-state index in [-0.39, 0.29) is 11.8 Å². The third kappa shape index (κ3) is 4.18. The summed E-state index contributed by atoms with van der Waals surface area (Å²) in [6.45, 7) is 6.37. The average molecular weight is 394 g/mol. The molecule has 2 fully saturated rings. The van der Waals surface area contributed by atoms with Crippen LogP contribution in [0.15, 0.2) is 42.5 Å². The largest absolute Gasteiger partial charge is 0.347 e. The van der Waals surface area contributed by atoms with Gasteiger partial charge in [0.1, 0.15) is 0 Å². The zero-order chi connectivity index (χ0) is 20.4. The maximum absolute atomic E-state index is 12.9. The van der Waals surface area contributed by atoms with Gasteiger partial charge in [0.15, 0.2) is 5.79 Å². The topological polar surface area (TPSA) is 67.9 Å². The molecule has 0 aromatic heterocycles. The average Bonchev–Trinajstić information content (AvgIpc) is 3.18. The molecule has 0 saturated carbocycles. The monoisotopic (exact) mass is 394 g/mol. The van der Waals surface area contributed by atoms with Crippen LogP contribution in [-0.2, 0) is 9.47 Å². The van der Waals surface area contributed by atoms with Crippen molar-refractivity contribution in [2.75, 3.05) is 31.6 Å². The van der Waals surface area contributed by atoms with E-state index in [0.717, 1.165) is 16.8 Å². The molecule has 0 unspecified atom stereocenters. The van der Waals surface area contributed by atoms with Crippen molar-refractivity contribution in [1.29, 1.82) is 0 Å². The number of likely N-dealkylation sites (tertiary alicyclic amines) is 1. The Kier molecular flexibility index (Phi) is 5.39. The fourth-order valence-corrected chi connectivity index (χ4v) is 3.96. The van der Waals surface area contributed by atoms with Gasteiger partial charge in [0.2, 0.25) is 0 Å². The van der Waals surface area contributed by atoms with Gasteiger partial charge in [-0.1, -0.05) is 23.8 Å². The number of hydrogen-bond donors (Lipinski definition) is 1. The van der Waals surface area contributed by atoms with Crippen LogP contribution >= 0.6 is 0 Å². The number of nitrogens with zero attached hydrogens (tertiary/aromatic N) is 1. The van der Waals surface area contributed by atoms with Crippen LogP contribution in [0.2, 0.25) is 0 Å². The third-order valence-corrected chi connectivity index (χ3v) is 5.63. The number of carbonyl (C=O) groups is 2. The normalized spacial score (nSPS) is 18.1. The summed E-state index contributed by atoms with van der Waals surface area (Å²) in [5.74, 6) is -0.805. The highest BCUT2D eigenvalue weighted by atomic mass is 16.7. The van der Waals surface area contributed by atoms with Crippen molar-refractivity contribution in [2.45, 2.75) is 32.5 Å². The number of hydrogen-bond acceptors (Lipinski definition) is 4. The molecule has 4 rings (SSSR count). The number of carbonyl (C=O) groups excluding carboxylic acids is 2. The van der Waals surface area contributed by atoms with Crippen LogP contribution < -0.4 is 5.32 Å². The SMILES string of the molecule is Cc1ccc(NC(=O)c2cccc(C(=O)N3CCC4(CC3)OCCO4)c2)c(C)c1. The molecular formula is C23H26N2O4. The van der Waals surface area contributed by atoms with Crippen LogP contribution in [0.1, 0.15) is 44.7 Å². The van der Waals surface area contributed by atoms with Crippen LogP contribution in [0.4, 0.5) is 5.69 Å². The Hall–Kier alpha value is -2.70. The van der Waals surface area contributed by atoms with E-state index in [9.17, 15) is 9.59 Å². The van der Waals surface area contributed by atoms with Crippen molar-refractivity contribution >= 4 is 17.5 Å². The van der Waals surface area contributed by atoms with Crippen molar-refractivity contribution in [1.82, 2.24) is 4.90 Å². The Labute approximate surface area is 170 Å². The van der Waals surface area contributed by atoms with Gasteiger partial charge >= 0.3 is 0 Å². The minimum atomic E-state index is -0.510. The van der Waals surface area contributed by atoms with E-state index in [1.807, 2.05) is 32.0 Å². The van der Waals surface area contributed by atoms with E-state index >= 15 is 0 Å². The quantitative estimate of drug-likeness (QED) is 0.865. The number of aryl methyl sites for hydroxylation is 2. The highest BCUT2D eigenvalue weighted by molar-refractivity contribution is 6.06. The molecule has 2 aliphatic rings. The zero-order valence-electron chi connectivity index (χ0n) is 16.9. The van der Waals surface area contributed by atoms with Crippen molar-refractivity contribution < 1.29 is 19.1 Å². The number of benzene rings is 2. The lowest BCUT2D eigenvalue weighted by Crippen LogP contribution is -2.47. The fraction of sp³-hybridized carbons (Fsp3) is 0.391. The first-order valence-corrected chi connectivity index (χ1v) is 10.0. The first-order valence-electron chi connectivity index (χ1n) is 10.0. The molecule has 2 saturated heterocycles. The number of anilines is 1. The molecule has 29 heavy (non-hydrogen) atoms. The third-order valence-electron chi connectivity index (χ3n) is 5.63. The molecule has 2 aromatic carbocycles. The molecule has 0 aliphatic carbocycles. The Morgan fingerprint density at radius 1 is 0.966 bits per heavy atom. The first kappa shape index (κ1) is 19.6. The Balaban J connectivity index is 1.44. The van der Waals surface area contributed by atoms with Crippen molar-refractivity contribution in [3.63, 3.8) is 0 Å². The summed E-state index contributed by atoms with van der Waals surface area (Å²) < 4.78 is 11.5. The van der Waals surface area contributed by atoms with Crippen molar-refractivity contribution in [3.05, 3.63) is 64.7 Å². The summed E-state index contributed by atoms with van der Waals surface area (Å²) in [4.78, 5) is 27.4. The summed E-state index contributed by atoms with van der Waals surface area (Å²) in [6.07, 6.45) is 1.34. The number of ether oxygens (including phenoxy) is 2. The summed E-state index contributed by atoms with van der Waals surface area (Å²) in [6, 6.07) is 12.8. The van der Waals surface area contributed by atoms with E-state index in [1.54, 1.807) is 29.2 Å². The Bertz CT molecular complexity index is 924. The highest BCUT2D eigenvalue weighted by Crippen LogP contribution is 2.31.